The summed E-state index contributed by atoms with van der Waals surface area (Å²) in [6.45, 7) is 2.49. The fraction of sp³-hybridized carbons (Fsp3) is 1.00. The zero-order valence-corrected chi connectivity index (χ0v) is 8.46. The molecule has 0 rings (SSSR count). The van der Waals surface area contributed by atoms with Crippen molar-refractivity contribution < 1.29 is 9.84 Å². The molecule has 3 nitrogen and oxygen atoms in total. The summed E-state index contributed by atoms with van der Waals surface area (Å²) in [6.07, 6.45) is 6.19. The lowest BCUT2D eigenvalue weighted by Gasteiger charge is -2.02. The molecule has 3 heteroatoms. The number of hydrogen-bond donors (Lipinski definition) is 1. The maximum atomic E-state index is 10.1. The molecular formula is C10H22NO2. The second kappa shape index (κ2) is 11.9. The van der Waals surface area contributed by atoms with Crippen LogP contribution in [0.5, 0.6) is 0 Å². The lowest BCUT2D eigenvalue weighted by molar-refractivity contribution is 0.122. The summed E-state index contributed by atoms with van der Waals surface area (Å²) in [4.78, 5) is 0. The molecule has 2 N–H and O–H groups in total. The van der Waals surface area contributed by atoms with Crippen LogP contribution in [0.1, 0.15) is 38.5 Å². The van der Waals surface area contributed by atoms with Crippen LogP contribution in [0.25, 0.3) is 0 Å². The molecule has 0 heterocycles. The first kappa shape index (κ1) is 12.9. The van der Waals surface area contributed by atoms with Crippen molar-refractivity contribution in [1.82, 2.24) is 0 Å². The van der Waals surface area contributed by atoms with Crippen LogP contribution in [-0.2, 0) is 9.84 Å². The fourth-order valence-corrected chi connectivity index (χ4v) is 1.11. The van der Waals surface area contributed by atoms with Gasteiger partial charge in [0.05, 0.1) is 6.61 Å². The van der Waals surface area contributed by atoms with E-state index in [0.717, 1.165) is 58.3 Å². The molecule has 79 valence electrons. The van der Waals surface area contributed by atoms with E-state index in [1.807, 2.05) is 0 Å². The Bertz CT molecular complexity index is 79.0. The molecule has 0 saturated carbocycles. The molecule has 0 aliphatic carbocycles. The average Bonchev–Trinajstić information content (AvgIpc) is 2.16. The Hall–Kier alpha value is -0.120. The minimum atomic E-state index is 0.0521. The molecule has 13 heavy (non-hydrogen) atoms. The van der Waals surface area contributed by atoms with Gasteiger partial charge in [0.25, 0.3) is 0 Å². The molecule has 0 aromatic rings. The molecule has 0 saturated heterocycles. The largest absolute Gasteiger partial charge is 0.381 e. The molecule has 0 aromatic heterocycles. The van der Waals surface area contributed by atoms with Crippen molar-refractivity contribution in [1.29, 1.82) is 0 Å². The van der Waals surface area contributed by atoms with E-state index >= 15 is 0 Å². The van der Waals surface area contributed by atoms with Gasteiger partial charge in [-0.2, -0.15) is 0 Å². The van der Waals surface area contributed by atoms with Gasteiger partial charge in [-0.3, -0.25) is 0 Å². The third-order valence-electron chi connectivity index (χ3n) is 1.93. The molecule has 0 fully saturated rings. The van der Waals surface area contributed by atoms with Gasteiger partial charge >= 0.3 is 0 Å². The summed E-state index contributed by atoms with van der Waals surface area (Å²) in [5.41, 5.74) is 5.35. The predicted octanol–water partition coefficient (Wildman–Crippen LogP) is 1.73. The van der Waals surface area contributed by atoms with Crippen LogP contribution >= 0.6 is 0 Å². The summed E-state index contributed by atoms with van der Waals surface area (Å²) in [7, 11) is 0. The zero-order valence-electron chi connectivity index (χ0n) is 8.46. The molecule has 0 aliphatic rings. The highest BCUT2D eigenvalue weighted by atomic mass is 16.5. The Balaban J connectivity index is 2.76. The van der Waals surface area contributed by atoms with Gasteiger partial charge in [-0.25, -0.2) is 5.11 Å². The molecule has 0 amide bonds. The molecule has 0 unspecified atom stereocenters. The normalized spacial score (nSPS) is 10.6. The van der Waals surface area contributed by atoms with Crippen LogP contribution in [0.3, 0.4) is 0 Å². The SMILES string of the molecule is NCCCCCOCCCCC[O]. The summed E-state index contributed by atoms with van der Waals surface area (Å²) in [5, 5.41) is 10.1. The van der Waals surface area contributed by atoms with E-state index in [2.05, 4.69) is 0 Å². The molecule has 0 aromatic carbocycles. The van der Waals surface area contributed by atoms with E-state index in [-0.39, 0.29) is 6.61 Å². The lowest BCUT2D eigenvalue weighted by Crippen LogP contribution is -2.01. The van der Waals surface area contributed by atoms with Crippen LogP contribution in [0.4, 0.5) is 0 Å². The van der Waals surface area contributed by atoms with E-state index in [9.17, 15) is 5.11 Å². The first-order chi connectivity index (χ1) is 6.41. The van der Waals surface area contributed by atoms with Crippen LogP contribution in [0, 0.1) is 0 Å². The molecule has 1 radical (unpaired) electrons. The summed E-state index contributed by atoms with van der Waals surface area (Å²) in [6, 6.07) is 0. The van der Waals surface area contributed by atoms with Gasteiger partial charge in [-0.05, 0) is 45.1 Å². The van der Waals surface area contributed by atoms with E-state index < -0.39 is 0 Å². The zero-order chi connectivity index (χ0) is 9.78. The highest BCUT2D eigenvalue weighted by Gasteiger charge is 1.90. The average molecular weight is 188 g/mol. The van der Waals surface area contributed by atoms with Crippen molar-refractivity contribution in [3.63, 3.8) is 0 Å². The van der Waals surface area contributed by atoms with E-state index in [1.165, 1.54) is 0 Å². The molecule has 0 atom stereocenters. The highest BCUT2D eigenvalue weighted by molar-refractivity contribution is 4.43. The van der Waals surface area contributed by atoms with Crippen LogP contribution in [0.15, 0.2) is 0 Å². The number of nitrogens with two attached hydrogens (primary N) is 1. The van der Waals surface area contributed by atoms with Crippen molar-refractivity contribution >= 4 is 0 Å². The van der Waals surface area contributed by atoms with Gasteiger partial charge in [-0.15, -0.1) is 0 Å². The van der Waals surface area contributed by atoms with E-state index in [4.69, 9.17) is 10.5 Å². The minimum absolute atomic E-state index is 0.0521. The molecule has 0 bridgehead atoms. The highest BCUT2D eigenvalue weighted by Crippen LogP contribution is 1.97. The summed E-state index contributed by atoms with van der Waals surface area (Å²) in [5.74, 6) is 0. The summed E-state index contributed by atoms with van der Waals surface area (Å²) >= 11 is 0. The molecular weight excluding hydrogens is 166 g/mol. The van der Waals surface area contributed by atoms with Crippen molar-refractivity contribution in [2.45, 2.75) is 38.5 Å². The van der Waals surface area contributed by atoms with Crippen LogP contribution in [0.2, 0.25) is 0 Å². The van der Waals surface area contributed by atoms with Crippen LogP contribution < -0.4 is 5.73 Å². The van der Waals surface area contributed by atoms with Gasteiger partial charge < -0.3 is 10.5 Å². The van der Waals surface area contributed by atoms with Crippen molar-refractivity contribution in [3.05, 3.63) is 0 Å². The monoisotopic (exact) mass is 188 g/mol. The van der Waals surface area contributed by atoms with Crippen molar-refractivity contribution in [2.24, 2.45) is 5.73 Å². The standard InChI is InChI=1S/C10H22NO2/c11-7-3-1-5-9-13-10-6-2-4-8-12/h1-11H2. The van der Waals surface area contributed by atoms with Gasteiger partial charge in [-0.1, -0.05) is 0 Å². The smallest absolute Gasteiger partial charge is 0.0822 e. The second-order valence-corrected chi connectivity index (χ2v) is 3.23. The number of ether oxygens (including phenoxy) is 1. The Morgan fingerprint density at radius 3 is 2.00 bits per heavy atom. The van der Waals surface area contributed by atoms with Crippen molar-refractivity contribution in [2.75, 3.05) is 26.4 Å². The summed E-state index contributed by atoms with van der Waals surface area (Å²) < 4.78 is 5.38. The molecule has 0 spiro atoms. The first-order valence-electron chi connectivity index (χ1n) is 5.27. The van der Waals surface area contributed by atoms with Gasteiger partial charge in [0.1, 0.15) is 0 Å². The second-order valence-electron chi connectivity index (χ2n) is 3.23. The van der Waals surface area contributed by atoms with Crippen LogP contribution in [-0.4, -0.2) is 26.4 Å². The third-order valence-corrected chi connectivity index (χ3v) is 1.93. The topological polar surface area (TPSA) is 55.1 Å². The molecule has 0 aliphatic heterocycles. The van der Waals surface area contributed by atoms with E-state index in [1.54, 1.807) is 0 Å². The Labute approximate surface area is 81.3 Å². The number of hydrogen-bond acceptors (Lipinski definition) is 2. The fourth-order valence-electron chi connectivity index (χ4n) is 1.11. The predicted molar refractivity (Wildman–Crippen MR) is 53.1 cm³/mol. The van der Waals surface area contributed by atoms with Gasteiger partial charge in [0, 0.05) is 13.2 Å². The van der Waals surface area contributed by atoms with Crippen molar-refractivity contribution in [3.8, 4) is 0 Å². The maximum Gasteiger partial charge on any atom is 0.0822 e. The number of unbranched alkanes of at least 4 members (excludes halogenated alkanes) is 4. The Kier molecular flexibility index (Phi) is 11.8. The Morgan fingerprint density at radius 1 is 0.846 bits per heavy atom. The van der Waals surface area contributed by atoms with Gasteiger partial charge in [0.2, 0.25) is 0 Å². The first-order valence-corrected chi connectivity index (χ1v) is 5.27. The maximum absolute atomic E-state index is 10.1. The third kappa shape index (κ3) is 11.9. The lowest BCUT2D eigenvalue weighted by atomic mass is 10.2. The Morgan fingerprint density at radius 2 is 1.46 bits per heavy atom. The minimum Gasteiger partial charge on any atom is -0.381 e. The quantitative estimate of drug-likeness (QED) is 0.531. The van der Waals surface area contributed by atoms with Gasteiger partial charge in [0.15, 0.2) is 0 Å². The van der Waals surface area contributed by atoms with E-state index in [0.29, 0.717) is 0 Å². The number of rotatable bonds is 10.